The summed E-state index contributed by atoms with van der Waals surface area (Å²) in [6, 6.07) is 9.25. The summed E-state index contributed by atoms with van der Waals surface area (Å²) < 4.78 is 19.1. The number of benzene rings is 2. The highest BCUT2D eigenvalue weighted by Crippen LogP contribution is 2.27. The summed E-state index contributed by atoms with van der Waals surface area (Å²) in [6.07, 6.45) is 0. The van der Waals surface area contributed by atoms with Crippen LogP contribution in [0, 0.1) is 11.2 Å². The number of hydrogen-bond donors (Lipinski definition) is 2. The molecule has 0 heterocycles. The molecule has 2 rings (SSSR count). The van der Waals surface area contributed by atoms with E-state index >= 15 is 0 Å². The number of nitrogens with one attached hydrogen (secondary N) is 1. The Morgan fingerprint density at radius 2 is 2.05 bits per heavy atom. The molecule has 0 aliphatic carbocycles. The zero-order chi connectivity index (χ0) is 14.7. The summed E-state index contributed by atoms with van der Waals surface area (Å²) in [5.41, 5.74) is 6.70. The molecule has 0 amide bonds. The van der Waals surface area contributed by atoms with E-state index in [-0.39, 0.29) is 18.3 Å². The van der Waals surface area contributed by atoms with Crippen LogP contribution in [-0.4, -0.2) is 5.84 Å². The average molecular weight is 358 g/mol. The van der Waals surface area contributed by atoms with Gasteiger partial charge in [0.2, 0.25) is 0 Å². The van der Waals surface area contributed by atoms with Gasteiger partial charge in [-0.2, -0.15) is 0 Å². The van der Waals surface area contributed by atoms with Gasteiger partial charge >= 0.3 is 0 Å². The number of ether oxygens (including phenoxy) is 1. The molecule has 0 unspecified atom stereocenters. The second-order valence-electron chi connectivity index (χ2n) is 4.08. The fourth-order valence-corrected chi connectivity index (χ4v) is 2.28. The summed E-state index contributed by atoms with van der Waals surface area (Å²) in [6.45, 7) is 0.237. The molecule has 0 saturated heterocycles. The number of rotatable bonds is 4. The van der Waals surface area contributed by atoms with Crippen LogP contribution in [0.25, 0.3) is 0 Å². The highest BCUT2D eigenvalue weighted by atomic mass is 79.9. The van der Waals surface area contributed by atoms with Crippen LogP contribution in [-0.2, 0) is 6.61 Å². The third kappa shape index (κ3) is 3.49. The highest BCUT2D eigenvalue weighted by Gasteiger charge is 2.07. The minimum absolute atomic E-state index is 0.0411. The van der Waals surface area contributed by atoms with E-state index in [1.165, 1.54) is 18.2 Å². The summed E-state index contributed by atoms with van der Waals surface area (Å²) in [5, 5.41) is 7.80. The van der Waals surface area contributed by atoms with E-state index in [2.05, 4.69) is 15.9 Å². The molecule has 3 N–H and O–H groups in total. The fraction of sp³-hybridized carbons (Fsp3) is 0.0714. The Bertz CT molecular complexity index is 664. The van der Waals surface area contributed by atoms with Crippen molar-refractivity contribution in [2.75, 3.05) is 0 Å². The van der Waals surface area contributed by atoms with Gasteiger partial charge in [0.15, 0.2) is 0 Å². The summed E-state index contributed by atoms with van der Waals surface area (Å²) in [7, 11) is 0. The summed E-state index contributed by atoms with van der Waals surface area (Å²) >= 11 is 9.33. The monoisotopic (exact) mass is 356 g/mol. The van der Waals surface area contributed by atoms with E-state index in [9.17, 15) is 4.39 Å². The smallest absolute Gasteiger partial charge is 0.134 e. The minimum Gasteiger partial charge on any atom is -0.488 e. The van der Waals surface area contributed by atoms with Crippen molar-refractivity contribution < 1.29 is 9.13 Å². The number of nitrogen functional groups attached to an aromatic ring is 1. The van der Waals surface area contributed by atoms with Crippen LogP contribution in [0.1, 0.15) is 11.1 Å². The molecule has 0 fully saturated rings. The molecule has 104 valence electrons. The van der Waals surface area contributed by atoms with Crippen molar-refractivity contribution in [3.63, 3.8) is 0 Å². The third-order valence-electron chi connectivity index (χ3n) is 2.64. The first-order valence-corrected chi connectivity index (χ1v) is 6.85. The Balaban J connectivity index is 2.13. The average Bonchev–Trinajstić information content (AvgIpc) is 2.38. The van der Waals surface area contributed by atoms with Crippen molar-refractivity contribution >= 4 is 33.4 Å². The molecular weight excluding hydrogens is 347 g/mol. The molecule has 6 heteroatoms. The van der Waals surface area contributed by atoms with Gasteiger partial charge in [-0.1, -0.05) is 23.7 Å². The maximum Gasteiger partial charge on any atom is 0.134 e. The fourth-order valence-electron chi connectivity index (χ4n) is 1.58. The third-order valence-corrected chi connectivity index (χ3v) is 3.61. The van der Waals surface area contributed by atoms with Gasteiger partial charge in [0.05, 0.1) is 4.47 Å². The quantitative estimate of drug-likeness (QED) is 0.639. The van der Waals surface area contributed by atoms with Gasteiger partial charge < -0.3 is 10.5 Å². The number of amidine groups is 1. The second-order valence-corrected chi connectivity index (χ2v) is 5.34. The molecule has 0 aliphatic rings. The normalized spacial score (nSPS) is 10.3. The van der Waals surface area contributed by atoms with E-state index in [1.54, 1.807) is 18.2 Å². The lowest BCUT2D eigenvalue weighted by Gasteiger charge is -2.10. The van der Waals surface area contributed by atoms with Gasteiger partial charge in [0.1, 0.15) is 24.0 Å². The van der Waals surface area contributed by atoms with E-state index in [1.807, 2.05) is 0 Å². The number of halogens is 3. The lowest BCUT2D eigenvalue weighted by molar-refractivity contribution is 0.304. The van der Waals surface area contributed by atoms with Crippen molar-refractivity contribution in [3.8, 4) is 5.75 Å². The maximum atomic E-state index is 13.0. The van der Waals surface area contributed by atoms with Crippen LogP contribution in [0.5, 0.6) is 5.75 Å². The van der Waals surface area contributed by atoms with Gasteiger partial charge in [-0.25, -0.2) is 4.39 Å². The maximum absolute atomic E-state index is 13.0. The van der Waals surface area contributed by atoms with Gasteiger partial charge in [-0.05, 0) is 40.2 Å². The predicted molar refractivity (Wildman–Crippen MR) is 80.9 cm³/mol. The highest BCUT2D eigenvalue weighted by molar-refractivity contribution is 9.10. The largest absolute Gasteiger partial charge is 0.488 e. The standard InChI is InChI=1S/C14H11BrClFN2O/c15-11-6-10(17)3-4-13(11)20-7-9-2-1-8(14(18)19)5-12(9)16/h1-6H,7H2,(H3,18,19). The molecule has 3 nitrogen and oxygen atoms in total. The molecule has 20 heavy (non-hydrogen) atoms. The molecule has 0 spiro atoms. The van der Waals surface area contributed by atoms with Crippen molar-refractivity contribution in [1.82, 2.24) is 0 Å². The van der Waals surface area contributed by atoms with Crippen LogP contribution >= 0.6 is 27.5 Å². The van der Waals surface area contributed by atoms with E-state index in [0.29, 0.717) is 20.8 Å². The first kappa shape index (κ1) is 14.8. The Morgan fingerprint density at radius 1 is 1.30 bits per heavy atom. The summed E-state index contributed by atoms with van der Waals surface area (Å²) in [4.78, 5) is 0. The SMILES string of the molecule is N=C(N)c1ccc(COc2ccc(F)cc2Br)c(Cl)c1. The molecule has 2 aromatic carbocycles. The van der Waals surface area contributed by atoms with Crippen LogP contribution < -0.4 is 10.5 Å². The number of nitrogens with two attached hydrogens (primary N) is 1. The Morgan fingerprint density at radius 3 is 2.65 bits per heavy atom. The van der Waals surface area contributed by atoms with Crippen LogP contribution in [0.2, 0.25) is 5.02 Å². The van der Waals surface area contributed by atoms with Gasteiger partial charge in [0, 0.05) is 16.1 Å². The zero-order valence-corrected chi connectivity index (χ0v) is 12.6. The van der Waals surface area contributed by atoms with Crippen molar-refractivity contribution in [2.45, 2.75) is 6.61 Å². The molecule has 0 aromatic heterocycles. The second kappa shape index (κ2) is 6.24. The molecule has 2 aromatic rings. The molecule has 0 aliphatic heterocycles. The Kier molecular flexibility index (Phi) is 4.62. The lowest BCUT2D eigenvalue weighted by Crippen LogP contribution is -2.11. The van der Waals surface area contributed by atoms with Crippen molar-refractivity contribution in [3.05, 3.63) is 62.8 Å². The molecular formula is C14H11BrClFN2O. The lowest BCUT2D eigenvalue weighted by atomic mass is 10.1. The first-order chi connectivity index (χ1) is 9.47. The van der Waals surface area contributed by atoms with Gasteiger partial charge in [0.25, 0.3) is 0 Å². The van der Waals surface area contributed by atoms with E-state index in [0.717, 1.165) is 5.56 Å². The first-order valence-electron chi connectivity index (χ1n) is 5.68. The Labute approximate surface area is 129 Å². The van der Waals surface area contributed by atoms with Crippen LogP contribution in [0.4, 0.5) is 4.39 Å². The van der Waals surface area contributed by atoms with E-state index < -0.39 is 0 Å². The Hall–Kier alpha value is -1.59. The number of hydrogen-bond acceptors (Lipinski definition) is 2. The molecule has 0 bridgehead atoms. The van der Waals surface area contributed by atoms with Crippen molar-refractivity contribution in [2.24, 2.45) is 5.73 Å². The van der Waals surface area contributed by atoms with Crippen LogP contribution in [0.15, 0.2) is 40.9 Å². The summed E-state index contributed by atoms with van der Waals surface area (Å²) in [5.74, 6) is 0.145. The van der Waals surface area contributed by atoms with Gasteiger partial charge in [-0.15, -0.1) is 0 Å². The zero-order valence-electron chi connectivity index (χ0n) is 10.3. The molecule has 0 saturated carbocycles. The minimum atomic E-state index is -0.340. The van der Waals surface area contributed by atoms with Gasteiger partial charge in [-0.3, -0.25) is 5.41 Å². The van der Waals surface area contributed by atoms with Crippen LogP contribution in [0.3, 0.4) is 0 Å². The predicted octanol–water partition coefficient (Wildman–Crippen LogP) is 4.10. The topological polar surface area (TPSA) is 59.1 Å². The van der Waals surface area contributed by atoms with Crippen molar-refractivity contribution in [1.29, 1.82) is 5.41 Å². The molecule has 0 atom stereocenters. The molecule has 0 radical (unpaired) electrons. The van der Waals surface area contributed by atoms with E-state index in [4.69, 9.17) is 27.5 Å².